The van der Waals surface area contributed by atoms with Gasteiger partial charge < -0.3 is 14.6 Å². The van der Waals surface area contributed by atoms with E-state index in [1.807, 2.05) is 0 Å². The second-order valence-corrected chi connectivity index (χ2v) is 8.93. The monoisotopic (exact) mass is 512 g/mol. The molecule has 1 aliphatic rings. The van der Waals surface area contributed by atoms with E-state index in [1.54, 1.807) is 6.92 Å². The number of nitrogens with one attached hydrogen (secondary N) is 1. The second-order valence-electron chi connectivity index (χ2n) is 8.09. The van der Waals surface area contributed by atoms with Crippen LogP contribution in [0, 0.1) is 0 Å². The van der Waals surface area contributed by atoms with Gasteiger partial charge in [-0.1, -0.05) is 29.3 Å². The normalized spacial score (nSPS) is 14.2. The lowest BCUT2D eigenvalue weighted by molar-refractivity contribution is -0.143. The van der Waals surface area contributed by atoms with Crippen molar-refractivity contribution in [2.24, 2.45) is 0 Å². The first-order valence-electron chi connectivity index (χ1n) is 10.8. The van der Waals surface area contributed by atoms with Crippen LogP contribution in [0.2, 0.25) is 10.0 Å². The van der Waals surface area contributed by atoms with Crippen molar-refractivity contribution in [1.29, 1.82) is 0 Å². The van der Waals surface area contributed by atoms with Gasteiger partial charge in [-0.05, 0) is 62.1 Å². The first kappa shape index (κ1) is 24.4. The van der Waals surface area contributed by atoms with Gasteiger partial charge in [0.25, 0.3) is 11.7 Å². The van der Waals surface area contributed by atoms with E-state index in [4.69, 9.17) is 27.9 Å². The third kappa shape index (κ3) is 4.74. The molecule has 34 heavy (non-hydrogen) atoms. The van der Waals surface area contributed by atoms with E-state index in [9.17, 15) is 22.8 Å². The average Bonchev–Trinajstić information content (AvgIpc) is 3.06. The van der Waals surface area contributed by atoms with Crippen molar-refractivity contribution >= 4 is 45.8 Å². The lowest BCUT2D eigenvalue weighted by Gasteiger charge is -2.26. The number of carbonyl (C=O) groups is 2. The molecule has 2 aromatic carbocycles. The van der Waals surface area contributed by atoms with Gasteiger partial charge in [-0.2, -0.15) is 13.2 Å². The fourth-order valence-electron chi connectivity index (χ4n) is 4.02. The number of ether oxygens (including phenoxy) is 1. The lowest BCUT2D eigenvalue weighted by atomic mass is 9.93. The van der Waals surface area contributed by atoms with E-state index < -0.39 is 29.1 Å². The highest BCUT2D eigenvalue weighted by Crippen LogP contribution is 2.40. The minimum atomic E-state index is -4.93. The van der Waals surface area contributed by atoms with E-state index in [1.165, 1.54) is 36.4 Å². The van der Waals surface area contributed by atoms with Crippen LogP contribution < -0.4 is 10.1 Å². The standard InChI is InChI=1S/C24H21Cl2F3N2O3/c1-2-34-16-8-9-19-17(11-16)20(21(32)23(33)30-15-4-3-5-15)22(24(27,28)29)31(19)12-13-6-7-14(25)10-18(13)26/h6-11,15H,2-5,12H2,1H3,(H,30,33). The zero-order valence-electron chi connectivity index (χ0n) is 18.1. The Hall–Kier alpha value is -2.71. The number of halogens is 5. The highest BCUT2D eigenvalue weighted by atomic mass is 35.5. The number of amides is 1. The van der Waals surface area contributed by atoms with Gasteiger partial charge in [0, 0.05) is 33.5 Å². The Morgan fingerprint density at radius 2 is 1.88 bits per heavy atom. The Morgan fingerprint density at radius 1 is 1.15 bits per heavy atom. The van der Waals surface area contributed by atoms with E-state index in [0.29, 0.717) is 29.2 Å². The first-order chi connectivity index (χ1) is 16.1. The minimum Gasteiger partial charge on any atom is -0.494 e. The maximum absolute atomic E-state index is 14.4. The molecule has 1 N–H and O–H groups in total. The summed E-state index contributed by atoms with van der Waals surface area (Å²) < 4.78 is 49.7. The van der Waals surface area contributed by atoms with E-state index >= 15 is 0 Å². The van der Waals surface area contributed by atoms with Crippen LogP contribution >= 0.6 is 23.2 Å². The molecule has 0 saturated heterocycles. The maximum atomic E-state index is 14.4. The van der Waals surface area contributed by atoms with Gasteiger partial charge in [0.1, 0.15) is 11.4 Å². The number of nitrogens with zero attached hydrogens (tertiary/aromatic N) is 1. The number of hydrogen-bond acceptors (Lipinski definition) is 3. The molecule has 0 bridgehead atoms. The van der Waals surface area contributed by atoms with Crippen molar-refractivity contribution in [2.75, 3.05) is 6.61 Å². The minimum absolute atomic E-state index is 0.0166. The number of hydrogen-bond donors (Lipinski definition) is 1. The Morgan fingerprint density at radius 3 is 2.47 bits per heavy atom. The summed E-state index contributed by atoms with van der Waals surface area (Å²) in [7, 11) is 0. The molecule has 0 aliphatic heterocycles. The van der Waals surface area contributed by atoms with Crippen LogP contribution in [-0.2, 0) is 17.5 Å². The van der Waals surface area contributed by atoms with Crippen LogP contribution in [0.3, 0.4) is 0 Å². The van der Waals surface area contributed by atoms with Crippen LogP contribution in [0.1, 0.15) is 47.8 Å². The van der Waals surface area contributed by atoms with Gasteiger partial charge >= 0.3 is 6.18 Å². The molecule has 180 valence electrons. The van der Waals surface area contributed by atoms with Gasteiger partial charge in [-0.15, -0.1) is 0 Å². The van der Waals surface area contributed by atoms with Gasteiger partial charge in [-0.25, -0.2) is 0 Å². The molecule has 0 spiro atoms. The Labute approximate surface area is 203 Å². The van der Waals surface area contributed by atoms with Crippen LogP contribution in [0.5, 0.6) is 5.75 Å². The number of ketones is 1. The third-order valence-corrected chi connectivity index (χ3v) is 6.42. The highest BCUT2D eigenvalue weighted by Gasteiger charge is 2.43. The maximum Gasteiger partial charge on any atom is 0.432 e. The summed E-state index contributed by atoms with van der Waals surface area (Å²) in [4.78, 5) is 25.8. The number of alkyl halides is 3. The molecular formula is C24H21Cl2F3N2O3. The molecule has 3 aromatic rings. The summed E-state index contributed by atoms with van der Waals surface area (Å²) >= 11 is 12.2. The van der Waals surface area contributed by atoms with Gasteiger partial charge in [0.2, 0.25) is 0 Å². The number of aromatic nitrogens is 1. The van der Waals surface area contributed by atoms with Crippen LogP contribution in [0.15, 0.2) is 36.4 Å². The van der Waals surface area contributed by atoms with Crippen molar-refractivity contribution in [2.45, 2.75) is 44.9 Å². The van der Waals surface area contributed by atoms with Gasteiger partial charge in [-0.3, -0.25) is 9.59 Å². The smallest absolute Gasteiger partial charge is 0.432 e. The fourth-order valence-corrected chi connectivity index (χ4v) is 4.48. The van der Waals surface area contributed by atoms with Crippen molar-refractivity contribution in [3.05, 3.63) is 63.3 Å². The van der Waals surface area contributed by atoms with E-state index in [-0.39, 0.29) is 35.1 Å². The summed E-state index contributed by atoms with van der Waals surface area (Å²) in [5.41, 5.74) is -1.41. The second kappa shape index (κ2) is 9.50. The molecule has 1 saturated carbocycles. The summed E-state index contributed by atoms with van der Waals surface area (Å²) in [5, 5.41) is 3.05. The SMILES string of the molecule is CCOc1ccc2c(c1)c(C(=O)C(=O)NC1CCC1)c(C(F)(F)F)n2Cc1ccc(Cl)cc1Cl. The Kier molecular flexibility index (Phi) is 6.82. The zero-order valence-corrected chi connectivity index (χ0v) is 19.7. The van der Waals surface area contributed by atoms with Gasteiger partial charge in [0.15, 0.2) is 0 Å². The van der Waals surface area contributed by atoms with Crippen LogP contribution in [-0.4, -0.2) is 28.9 Å². The molecule has 4 rings (SSSR count). The summed E-state index contributed by atoms with van der Waals surface area (Å²) in [6.45, 7) is 1.73. The quantitative estimate of drug-likeness (QED) is 0.300. The van der Waals surface area contributed by atoms with Crippen LogP contribution in [0.4, 0.5) is 13.2 Å². The van der Waals surface area contributed by atoms with E-state index in [2.05, 4.69) is 5.32 Å². The first-order valence-corrected chi connectivity index (χ1v) is 11.5. The molecule has 1 heterocycles. The number of benzene rings is 2. The zero-order chi connectivity index (χ0) is 24.6. The molecule has 0 unspecified atom stereocenters. The van der Waals surface area contributed by atoms with Crippen molar-refractivity contribution < 1.29 is 27.5 Å². The molecule has 0 atom stereocenters. The summed E-state index contributed by atoms with van der Waals surface area (Å²) in [6, 6.07) is 8.60. The molecule has 1 fully saturated rings. The third-order valence-electron chi connectivity index (χ3n) is 5.83. The van der Waals surface area contributed by atoms with Crippen molar-refractivity contribution in [3.63, 3.8) is 0 Å². The molecule has 1 aromatic heterocycles. The van der Waals surface area contributed by atoms with Crippen molar-refractivity contribution in [1.82, 2.24) is 9.88 Å². The fraction of sp³-hybridized carbons (Fsp3) is 0.333. The van der Waals surface area contributed by atoms with Crippen LogP contribution in [0.25, 0.3) is 10.9 Å². The largest absolute Gasteiger partial charge is 0.494 e. The number of Topliss-reactive ketones (excluding diaryl/α,β-unsaturated/α-hetero) is 1. The van der Waals surface area contributed by atoms with Crippen molar-refractivity contribution in [3.8, 4) is 5.75 Å². The van der Waals surface area contributed by atoms with Gasteiger partial charge in [0.05, 0.1) is 12.2 Å². The lowest BCUT2D eigenvalue weighted by Crippen LogP contribution is -2.43. The number of fused-ring (bicyclic) bond motifs is 1. The summed E-state index contributed by atoms with van der Waals surface area (Å²) in [5.74, 6) is -2.00. The molecule has 5 nitrogen and oxygen atoms in total. The molecule has 1 amide bonds. The highest BCUT2D eigenvalue weighted by molar-refractivity contribution is 6.45. The Bertz CT molecular complexity index is 1270. The topological polar surface area (TPSA) is 60.3 Å². The summed E-state index contributed by atoms with van der Waals surface area (Å²) in [6.07, 6.45) is -2.65. The molecule has 0 radical (unpaired) electrons. The molecular weight excluding hydrogens is 492 g/mol. The Balaban J connectivity index is 1.92. The van der Waals surface area contributed by atoms with E-state index in [0.717, 1.165) is 11.0 Å². The number of rotatable bonds is 7. The average molecular weight is 513 g/mol. The number of carbonyl (C=O) groups excluding carboxylic acids is 2. The molecule has 10 heteroatoms. The predicted octanol–water partition coefficient (Wildman–Crippen LogP) is 6.27. The molecule has 1 aliphatic carbocycles. The predicted molar refractivity (Wildman–Crippen MR) is 124 cm³/mol.